The van der Waals surface area contributed by atoms with Crippen molar-refractivity contribution in [3.8, 4) is 0 Å². The van der Waals surface area contributed by atoms with Gasteiger partial charge >= 0.3 is 0 Å². The molecule has 7 heteroatoms. The summed E-state index contributed by atoms with van der Waals surface area (Å²) in [5, 5.41) is 13.4. The lowest BCUT2D eigenvalue weighted by molar-refractivity contribution is -0.384. The fraction of sp³-hybridized carbons (Fsp3) is 0.200. The zero-order chi connectivity index (χ0) is 20.0. The van der Waals surface area contributed by atoms with Gasteiger partial charge in [0.1, 0.15) is 0 Å². The molecule has 0 aliphatic carbocycles. The van der Waals surface area contributed by atoms with Crippen molar-refractivity contribution in [2.24, 2.45) is 0 Å². The van der Waals surface area contributed by atoms with E-state index in [-0.39, 0.29) is 24.0 Å². The summed E-state index contributed by atoms with van der Waals surface area (Å²) < 4.78 is 0. The molecule has 2 rings (SSSR count). The molecule has 2 aromatic rings. The molecule has 0 aliphatic heterocycles. The second-order valence-corrected chi connectivity index (χ2v) is 6.24. The van der Waals surface area contributed by atoms with Crippen LogP contribution >= 0.6 is 0 Å². The van der Waals surface area contributed by atoms with E-state index in [1.807, 2.05) is 32.0 Å². The summed E-state index contributed by atoms with van der Waals surface area (Å²) in [5.41, 5.74) is 3.34. The Morgan fingerprint density at radius 1 is 1.15 bits per heavy atom. The molecule has 0 saturated carbocycles. The molecule has 0 aromatic heterocycles. The minimum atomic E-state index is -0.485. The Hall–Kier alpha value is -3.48. The van der Waals surface area contributed by atoms with Crippen molar-refractivity contribution in [1.29, 1.82) is 0 Å². The van der Waals surface area contributed by atoms with Crippen molar-refractivity contribution >= 4 is 29.3 Å². The van der Waals surface area contributed by atoms with Crippen LogP contribution in [0.4, 0.5) is 11.4 Å². The third-order valence-electron chi connectivity index (χ3n) is 3.95. The largest absolute Gasteiger partial charge is 0.333 e. The Morgan fingerprint density at radius 3 is 2.44 bits per heavy atom. The molecule has 2 amide bonds. The van der Waals surface area contributed by atoms with Crippen LogP contribution in [0.25, 0.3) is 6.08 Å². The van der Waals surface area contributed by atoms with Crippen molar-refractivity contribution in [3.05, 3.63) is 75.3 Å². The van der Waals surface area contributed by atoms with Gasteiger partial charge in [0.15, 0.2) is 0 Å². The van der Waals surface area contributed by atoms with Crippen LogP contribution in [0.3, 0.4) is 0 Å². The average molecular weight is 367 g/mol. The highest BCUT2D eigenvalue weighted by atomic mass is 16.6. The number of aryl methyl sites for hydroxylation is 2. The lowest BCUT2D eigenvalue weighted by atomic mass is 10.1. The highest BCUT2D eigenvalue weighted by Crippen LogP contribution is 2.16. The van der Waals surface area contributed by atoms with Crippen molar-refractivity contribution in [1.82, 2.24) is 4.90 Å². The van der Waals surface area contributed by atoms with Crippen molar-refractivity contribution < 1.29 is 14.5 Å². The van der Waals surface area contributed by atoms with Crippen molar-refractivity contribution in [2.45, 2.75) is 13.8 Å². The monoisotopic (exact) mass is 367 g/mol. The third kappa shape index (κ3) is 5.78. The Morgan fingerprint density at radius 2 is 1.81 bits per heavy atom. The number of benzene rings is 2. The maximum Gasteiger partial charge on any atom is 0.269 e. The van der Waals surface area contributed by atoms with E-state index in [1.165, 1.54) is 30.2 Å². The first-order chi connectivity index (χ1) is 12.8. The van der Waals surface area contributed by atoms with E-state index in [4.69, 9.17) is 0 Å². The SMILES string of the molecule is Cc1ccc(C)c(NC(=O)CN(C)C(=O)/C=C/c2ccc([N+](=O)[O-])cc2)c1. The van der Waals surface area contributed by atoms with Crippen LogP contribution in [0.1, 0.15) is 16.7 Å². The molecular formula is C20H21N3O4. The summed E-state index contributed by atoms with van der Waals surface area (Å²) in [4.78, 5) is 35.8. The van der Waals surface area contributed by atoms with Gasteiger partial charge in [-0.15, -0.1) is 0 Å². The molecule has 27 heavy (non-hydrogen) atoms. The van der Waals surface area contributed by atoms with E-state index in [2.05, 4.69) is 5.32 Å². The van der Waals surface area contributed by atoms with Gasteiger partial charge in [-0.3, -0.25) is 19.7 Å². The zero-order valence-corrected chi connectivity index (χ0v) is 15.4. The normalized spacial score (nSPS) is 10.6. The summed E-state index contributed by atoms with van der Waals surface area (Å²) in [6, 6.07) is 11.6. The first-order valence-corrected chi connectivity index (χ1v) is 8.31. The number of carbonyl (C=O) groups is 2. The second kappa shape index (κ2) is 8.75. The van der Waals surface area contributed by atoms with Gasteiger partial charge in [0.25, 0.3) is 5.69 Å². The maximum atomic E-state index is 12.2. The summed E-state index contributed by atoms with van der Waals surface area (Å²) >= 11 is 0. The summed E-state index contributed by atoms with van der Waals surface area (Å²) in [6.07, 6.45) is 2.87. The summed E-state index contributed by atoms with van der Waals surface area (Å²) in [6.45, 7) is 3.75. The highest BCUT2D eigenvalue weighted by Gasteiger charge is 2.12. The van der Waals surface area contributed by atoms with Gasteiger partial charge in [0.05, 0.1) is 11.5 Å². The Bertz CT molecular complexity index is 889. The van der Waals surface area contributed by atoms with Crippen LogP contribution in [0, 0.1) is 24.0 Å². The van der Waals surface area contributed by atoms with Crippen molar-refractivity contribution in [2.75, 3.05) is 18.9 Å². The number of hydrogen-bond donors (Lipinski definition) is 1. The van der Waals surface area contributed by atoms with Gasteiger partial charge in [-0.2, -0.15) is 0 Å². The van der Waals surface area contributed by atoms with E-state index in [1.54, 1.807) is 18.2 Å². The molecule has 140 valence electrons. The second-order valence-electron chi connectivity index (χ2n) is 6.24. The van der Waals surface area contributed by atoms with Crippen LogP contribution in [0.5, 0.6) is 0 Å². The molecule has 0 radical (unpaired) electrons. The Kier molecular flexibility index (Phi) is 6.43. The molecule has 0 bridgehead atoms. The molecule has 1 N–H and O–H groups in total. The van der Waals surface area contributed by atoms with Gasteiger partial charge < -0.3 is 10.2 Å². The molecule has 0 aliphatic rings. The predicted octanol–water partition coefficient (Wildman–Crippen LogP) is 3.32. The number of rotatable bonds is 6. The van der Waals surface area contributed by atoms with Gasteiger partial charge in [-0.25, -0.2) is 0 Å². The van der Waals surface area contributed by atoms with Gasteiger partial charge in [-0.1, -0.05) is 12.1 Å². The van der Waals surface area contributed by atoms with E-state index < -0.39 is 4.92 Å². The van der Waals surface area contributed by atoms with Crippen molar-refractivity contribution in [3.63, 3.8) is 0 Å². The Labute approximate surface area is 157 Å². The molecule has 0 spiro atoms. The summed E-state index contributed by atoms with van der Waals surface area (Å²) in [7, 11) is 1.53. The fourth-order valence-corrected chi connectivity index (χ4v) is 2.36. The van der Waals surface area contributed by atoms with Crippen LogP contribution in [-0.4, -0.2) is 35.2 Å². The van der Waals surface area contributed by atoms with Crippen LogP contribution in [0.2, 0.25) is 0 Å². The molecule has 0 atom stereocenters. The predicted molar refractivity (Wildman–Crippen MR) is 104 cm³/mol. The molecule has 0 heterocycles. The van der Waals surface area contributed by atoms with E-state index in [0.29, 0.717) is 5.56 Å². The summed E-state index contributed by atoms with van der Waals surface area (Å²) in [5.74, 6) is -0.632. The lowest BCUT2D eigenvalue weighted by Crippen LogP contribution is -2.34. The molecule has 0 fully saturated rings. The minimum Gasteiger partial charge on any atom is -0.333 e. The van der Waals surface area contributed by atoms with E-state index in [0.717, 1.165) is 16.8 Å². The molecule has 2 aromatic carbocycles. The van der Waals surface area contributed by atoms with Gasteiger partial charge in [0.2, 0.25) is 11.8 Å². The molecule has 0 unspecified atom stereocenters. The standard InChI is InChI=1S/C20H21N3O4/c1-14-4-5-15(2)18(12-14)21-19(24)13-22(3)20(25)11-8-16-6-9-17(10-7-16)23(26)27/h4-12H,13H2,1-3H3,(H,21,24)/b11-8+. The molecular weight excluding hydrogens is 346 g/mol. The van der Waals surface area contributed by atoms with Gasteiger partial charge in [-0.05, 0) is 54.8 Å². The molecule has 7 nitrogen and oxygen atoms in total. The number of nitro benzene ring substituents is 1. The number of carbonyl (C=O) groups excluding carboxylic acids is 2. The highest BCUT2D eigenvalue weighted by molar-refractivity contribution is 5.98. The number of hydrogen-bond acceptors (Lipinski definition) is 4. The third-order valence-corrected chi connectivity index (χ3v) is 3.95. The molecule has 0 saturated heterocycles. The zero-order valence-electron chi connectivity index (χ0n) is 15.4. The van der Waals surface area contributed by atoms with Crippen LogP contribution in [-0.2, 0) is 9.59 Å². The quantitative estimate of drug-likeness (QED) is 0.481. The first kappa shape index (κ1) is 19.8. The first-order valence-electron chi connectivity index (χ1n) is 8.31. The van der Waals surface area contributed by atoms with Crippen LogP contribution in [0.15, 0.2) is 48.5 Å². The van der Waals surface area contributed by atoms with E-state index in [9.17, 15) is 19.7 Å². The van der Waals surface area contributed by atoms with Gasteiger partial charge in [0, 0.05) is 30.9 Å². The minimum absolute atomic E-state index is 0.0151. The number of nitrogens with zero attached hydrogens (tertiary/aromatic N) is 2. The number of likely N-dealkylation sites (N-methyl/N-ethyl adjacent to an activating group) is 1. The smallest absolute Gasteiger partial charge is 0.269 e. The number of amides is 2. The fourth-order valence-electron chi connectivity index (χ4n) is 2.36. The number of anilines is 1. The maximum absolute atomic E-state index is 12.2. The number of nitrogens with one attached hydrogen (secondary N) is 1. The topological polar surface area (TPSA) is 92.6 Å². The number of nitro groups is 1. The van der Waals surface area contributed by atoms with Crippen LogP contribution < -0.4 is 5.32 Å². The lowest BCUT2D eigenvalue weighted by Gasteiger charge is -2.16. The van der Waals surface area contributed by atoms with E-state index >= 15 is 0 Å². The number of non-ortho nitro benzene ring substituents is 1. The Balaban J connectivity index is 1.93. The average Bonchev–Trinajstić information content (AvgIpc) is 2.62.